The fraction of sp³-hybridized carbons (Fsp3) is 0.387. The summed E-state index contributed by atoms with van der Waals surface area (Å²) in [5, 5.41) is 22.0. The number of rotatable bonds is 8. The van der Waals surface area contributed by atoms with Crippen LogP contribution in [0.15, 0.2) is 54.7 Å². The summed E-state index contributed by atoms with van der Waals surface area (Å²) in [6, 6.07) is 18.1. The number of nitrogens with zero attached hydrogens (tertiary/aromatic N) is 2. The van der Waals surface area contributed by atoms with E-state index in [0.717, 1.165) is 44.2 Å². The molecule has 1 saturated heterocycles. The Bertz CT molecular complexity index is 1390. The van der Waals surface area contributed by atoms with Crippen molar-refractivity contribution >= 4 is 35.0 Å². The van der Waals surface area contributed by atoms with E-state index in [2.05, 4.69) is 78.7 Å². The minimum atomic E-state index is -1.08. The molecule has 0 saturated carbocycles. The Balaban J connectivity index is 0.000000386. The van der Waals surface area contributed by atoms with Gasteiger partial charge in [0.15, 0.2) is 0 Å². The summed E-state index contributed by atoms with van der Waals surface area (Å²) in [5.74, 6) is -1.59. The van der Waals surface area contributed by atoms with E-state index in [1.165, 1.54) is 31.8 Å². The number of aromatic nitrogens is 1. The second-order valence-electron chi connectivity index (χ2n) is 10.2. The number of carboxylic acids is 2. The highest BCUT2D eigenvalue weighted by molar-refractivity contribution is 7.12. The number of carbonyl (C=O) groups is 2. The summed E-state index contributed by atoms with van der Waals surface area (Å²) in [6.45, 7) is 7.67. The lowest BCUT2D eigenvalue weighted by atomic mass is 10.0. The van der Waals surface area contributed by atoms with Gasteiger partial charge in [0, 0.05) is 53.6 Å². The number of nitrogens with one attached hydrogen (secondary N) is 1. The zero-order valence-electron chi connectivity index (χ0n) is 22.6. The van der Waals surface area contributed by atoms with E-state index in [4.69, 9.17) is 15.2 Å². The molecule has 7 nitrogen and oxygen atoms in total. The predicted octanol–water partition coefficient (Wildman–Crippen LogP) is 3.60. The van der Waals surface area contributed by atoms with E-state index in [9.17, 15) is 9.59 Å². The van der Waals surface area contributed by atoms with Crippen molar-refractivity contribution in [1.82, 2.24) is 15.2 Å². The maximum Gasteiger partial charge on any atom is 0.303 e. The van der Waals surface area contributed by atoms with Crippen molar-refractivity contribution in [1.29, 1.82) is 0 Å². The van der Waals surface area contributed by atoms with Gasteiger partial charge < -0.3 is 20.4 Å². The minimum absolute atomic E-state index is 0.296. The fourth-order valence-electron chi connectivity index (χ4n) is 4.94. The lowest BCUT2D eigenvalue weighted by molar-refractivity contribution is -0.143. The van der Waals surface area contributed by atoms with Crippen LogP contribution in [0.25, 0.3) is 11.8 Å². The first-order chi connectivity index (χ1) is 18.8. The van der Waals surface area contributed by atoms with Crippen LogP contribution in [0.1, 0.15) is 59.9 Å². The molecule has 39 heavy (non-hydrogen) atoms. The van der Waals surface area contributed by atoms with Crippen molar-refractivity contribution in [2.45, 2.75) is 57.9 Å². The fourth-order valence-corrected chi connectivity index (χ4v) is 6.07. The van der Waals surface area contributed by atoms with Crippen LogP contribution >= 0.6 is 11.3 Å². The monoisotopic (exact) mass is 547 g/mol. The molecule has 3 N–H and O–H groups in total. The molecule has 0 amide bonds. The maximum absolute atomic E-state index is 9.64. The Labute approximate surface area is 233 Å². The first kappa shape index (κ1) is 28.5. The van der Waals surface area contributed by atoms with E-state index < -0.39 is 11.9 Å². The molecule has 1 unspecified atom stereocenters. The number of thiophene rings is 1. The topological polar surface area (TPSA) is 103 Å². The quantitative estimate of drug-likeness (QED) is 0.396. The van der Waals surface area contributed by atoms with Crippen molar-refractivity contribution in [3.8, 4) is 0 Å². The summed E-state index contributed by atoms with van der Waals surface area (Å²) >= 11 is 1.98. The first-order valence-electron chi connectivity index (χ1n) is 13.6. The predicted molar refractivity (Wildman–Crippen MR) is 155 cm³/mol. The molecule has 1 aromatic carbocycles. The average Bonchev–Trinajstić information content (AvgIpc) is 3.29. The number of aliphatic carboxylic acids is 2. The smallest absolute Gasteiger partial charge is 0.303 e. The summed E-state index contributed by atoms with van der Waals surface area (Å²) in [5.41, 5.74) is 4.17. The van der Waals surface area contributed by atoms with Crippen LogP contribution in [-0.4, -0.2) is 57.7 Å². The van der Waals surface area contributed by atoms with Crippen molar-refractivity contribution in [2.24, 2.45) is 0 Å². The van der Waals surface area contributed by atoms with E-state index in [1.807, 2.05) is 17.5 Å². The number of hydrogen-bond donors (Lipinski definition) is 3. The van der Waals surface area contributed by atoms with Crippen molar-refractivity contribution in [2.75, 3.05) is 19.6 Å². The molecular weight excluding hydrogens is 510 g/mol. The van der Waals surface area contributed by atoms with Gasteiger partial charge in [-0.15, -0.1) is 11.3 Å². The summed E-state index contributed by atoms with van der Waals surface area (Å²) in [4.78, 5) is 29.7. The molecule has 1 aliphatic heterocycles. The van der Waals surface area contributed by atoms with Gasteiger partial charge in [0.2, 0.25) is 0 Å². The zero-order valence-corrected chi connectivity index (χ0v) is 23.4. The normalized spacial score (nSPS) is 16.3. The second-order valence-corrected chi connectivity index (χ2v) is 11.4. The molecule has 1 aliphatic carbocycles. The number of carboxylic acid groups (broad SMARTS) is 2. The summed E-state index contributed by atoms with van der Waals surface area (Å²) < 4.78 is 0. The van der Waals surface area contributed by atoms with Gasteiger partial charge >= 0.3 is 11.9 Å². The molecule has 2 aromatic heterocycles. The zero-order chi connectivity index (χ0) is 27.8. The van der Waals surface area contributed by atoms with Gasteiger partial charge in [-0.05, 0) is 41.7 Å². The molecule has 206 valence electrons. The third kappa shape index (κ3) is 7.77. The van der Waals surface area contributed by atoms with Gasteiger partial charge in [-0.3, -0.25) is 14.6 Å². The van der Waals surface area contributed by atoms with Crippen LogP contribution in [0.5, 0.6) is 0 Å². The van der Waals surface area contributed by atoms with E-state index in [1.54, 1.807) is 0 Å². The van der Waals surface area contributed by atoms with Crippen LogP contribution in [-0.2, 0) is 22.4 Å². The van der Waals surface area contributed by atoms with Gasteiger partial charge in [0.1, 0.15) is 0 Å². The molecule has 1 fully saturated rings. The van der Waals surface area contributed by atoms with Gasteiger partial charge in [-0.2, -0.15) is 0 Å². The Hall–Kier alpha value is -3.49. The molecular formula is C31H37N3O4S. The molecule has 0 bridgehead atoms. The number of hydrogen-bond acceptors (Lipinski definition) is 6. The van der Waals surface area contributed by atoms with Gasteiger partial charge in [-0.1, -0.05) is 56.3 Å². The van der Waals surface area contributed by atoms with Crippen molar-refractivity contribution in [3.63, 3.8) is 0 Å². The highest BCUT2D eigenvalue weighted by Gasteiger charge is 2.26. The Kier molecular flexibility index (Phi) is 9.90. The molecule has 8 heteroatoms. The summed E-state index contributed by atoms with van der Waals surface area (Å²) in [7, 11) is 0. The number of aryl methyl sites for hydroxylation is 1. The molecule has 0 radical (unpaired) electrons. The molecule has 1 atom stereocenters. The standard InChI is InChI=1S/C27H31N3S.C4H6O4/c1-19(2)25-17-23-24(31-25)13-11-21-9-6-14-29-26(21)27(23)30-16-15-28-22(18-30)12-10-20-7-4-3-5-8-20;5-3(6)1-2-4(7)8/h3-9,11,14,17,19,22,28H,10,12-13,15-16,18H2,1-2H3;1-2H2,(H,5,6)(H,7,8). The van der Waals surface area contributed by atoms with Gasteiger partial charge in [-0.25, -0.2) is 0 Å². The molecule has 5 rings (SSSR count). The largest absolute Gasteiger partial charge is 0.481 e. The number of fused-ring (bicyclic) bond motifs is 2. The highest BCUT2D eigenvalue weighted by Crippen LogP contribution is 2.34. The lowest BCUT2D eigenvalue weighted by Crippen LogP contribution is -2.51. The van der Waals surface area contributed by atoms with Crippen molar-refractivity contribution in [3.05, 3.63) is 86.2 Å². The SMILES string of the molecule is CC(C)c1cc2c(s1)CC=c1cccnc1=C2N1CCNC(CCc2ccccc2)C1.O=C(O)CCC(=O)O. The Morgan fingerprint density at radius 1 is 1.10 bits per heavy atom. The number of piperazine rings is 1. The second kappa shape index (κ2) is 13.5. The summed E-state index contributed by atoms with van der Waals surface area (Å²) in [6.07, 6.45) is 6.99. The first-order valence-corrected chi connectivity index (χ1v) is 14.4. The van der Waals surface area contributed by atoms with Crippen LogP contribution in [0.3, 0.4) is 0 Å². The minimum Gasteiger partial charge on any atom is -0.481 e. The maximum atomic E-state index is 9.64. The van der Waals surface area contributed by atoms with Crippen LogP contribution in [0, 0.1) is 0 Å². The Morgan fingerprint density at radius 2 is 1.85 bits per heavy atom. The number of pyridine rings is 1. The van der Waals surface area contributed by atoms with Gasteiger partial charge in [0.05, 0.1) is 23.9 Å². The Morgan fingerprint density at radius 3 is 2.54 bits per heavy atom. The van der Waals surface area contributed by atoms with Crippen LogP contribution in [0.4, 0.5) is 0 Å². The van der Waals surface area contributed by atoms with Crippen LogP contribution < -0.4 is 15.9 Å². The van der Waals surface area contributed by atoms with Crippen LogP contribution in [0.2, 0.25) is 0 Å². The van der Waals surface area contributed by atoms with E-state index in [-0.39, 0.29) is 12.8 Å². The average molecular weight is 548 g/mol. The molecule has 3 aromatic rings. The lowest BCUT2D eigenvalue weighted by Gasteiger charge is -2.37. The van der Waals surface area contributed by atoms with E-state index in [0.29, 0.717) is 12.0 Å². The van der Waals surface area contributed by atoms with Crippen molar-refractivity contribution < 1.29 is 19.8 Å². The molecule has 0 spiro atoms. The van der Waals surface area contributed by atoms with Gasteiger partial charge in [0.25, 0.3) is 0 Å². The third-order valence-electron chi connectivity index (χ3n) is 6.97. The molecule has 3 heterocycles. The number of benzene rings is 1. The highest BCUT2D eigenvalue weighted by atomic mass is 32.1. The van der Waals surface area contributed by atoms with E-state index >= 15 is 0 Å². The molecule has 2 aliphatic rings. The third-order valence-corrected chi connectivity index (χ3v) is 8.43.